The number of nitro benzene ring substituents is 1. The second kappa shape index (κ2) is 7.16. The molecule has 1 N–H and O–H groups in total. The number of hydrogen-bond acceptors (Lipinski definition) is 7. The van der Waals surface area contributed by atoms with Crippen molar-refractivity contribution in [3.05, 3.63) is 38.8 Å². The van der Waals surface area contributed by atoms with Gasteiger partial charge in [0, 0.05) is 30.8 Å². The summed E-state index contributed by atoms with van der Waals surface area (Å²) >= 11 is 0.631. The molecule has 0 aliphatic carbocycles. The SMILES string of the molecule is O=C(CN1C(=O)S/C(=C\c2cc([N+](=O)[O-])ccc2O)C1=O)N1CCCC1. The minimum Gasteiger partial charge on any atom is -0.507 e. The molecule has 0 bridgehead atoms. The first kappa shape index (κ1) is 17.9. The third-order valence-electron chi connectivity index (χ3n) is 4.13. The van der Waals surface area contributed by atoms with Gasteiger partial charge >= 0.3 is 0 Å². The molecule has 1 aromatic carbocycles. The lowest BCUT2D eigenvalue weighted by Crippen LogP contribution is -2.40. The second-order valence-corrected chi connectivity index (χ2v) is 6.85. The average Bonchev–Trinajstić information content (AvgIpc) is 3.21. The van der Waals surface area contributed by atoms with E-state index in [9.17, 15) is 29.6 Å². The van der Waals surface area contributed by atoms with Crippen LogP contribution in [0.4, 0.5) is 10.5 Å². The molecular formula is C16H15N3O6S. The molecule has 2 aliphatic heterocycles. The summed E-state index contributed by atoms with van der Waals surface area (Å²) in [6, 6.07) is 3.39. The molecule has 2 fully saturated rings. The van der Waals surface area contributed by atoms with Crippen LogP contribution in [-0.2, 0) is 9.59 Å². The van der Waals surface area contributed by atoms with Gasteiger partial charge < -0.3 is 10.0 Å². The van der Waals surface area contributed by atoms with Crippen LogP contribution in [0.3, 0.4) is 0 Å². The predicted molar refractivity (Wildman–Crippen MR) is 93.3 cm³/mol. The lowest BCUT2D eigenvalue weighted by atomic mass is 10.1. The second-order valence-electron chi connectivity index (χ2n) is 5.86. The summed E-state index contributed by atoms with van der Waals surface area (Å²) in [4.78, 5) is 49.4. The smallest absolute Gasteiger partial charge is 0.294 e. The molecule has 2 saturated heterocycles. The number of phenolic OH excluding ortho intramolecular Hbond substituents is 1. The van der Waals surface area contributed by atoms with Crippen molar-refractivity contribution in [1.82, 2.24) is 9.80 Å². The van der Waals surface area contributed by atoms with Gasteiger partial charge in [-0.3, -0.25) is 29.4 Å². The highest BCUT2D eigenvalue weighted by Crippen LogP contribution is 2.34. The fraction of sp³-hybridized carbons (Fsp3) is 0.312. The molecule has 26 heavy (non-hydrogen) atoms. The molecule has 2 aliphatic rings. The molecule has 136 valence electrons. The third kappa shape index (κ3) is 3.54. The van der Waals surface area contributed by atoms with Gasteiger partial charge in [-0.1, -0.05) is 0 Å². The van der Waals surface area contributed by atoms with E-state index in [0.717, 1.165) is 35.9 Å². The van der Waals surface area contributed by atoms with Crippen molar-refractivity contribution >= 4 is 40.6 Å². The summed E-state index contributed by atoms with van der Waals surface area (Å²) in [5.41, 5.74) is -0.201. The number of aromatic hydroxyl groups is 1. The van der Waals surface area contributed by atoms with Gasteiger partial charge in [0.05, 0.1) is 9.83 Å². The zero-order valence-electron chi connectivity index (χ0n) is 13.6. The number of rotatable bonds is 4. The van der Waals surface area contributed by atoms with Crippen molar-refractivity contribution in [2.24, 2.45) is 0 Å². The van der Waals surface area contributed by atoms with Crippen molar-refractivity contribution < 1.29 is 24.4 Å². The number of nitrogens with zero attached hydrogens (tertiary/aromatic N) is 3. The van der Waals surface area contributed by atoms with E-state index in [-0.39, 0.29) is 34.4 Å². The van der Waals surface area contributed by atoms with Crippen molar-refractivity contribution in [2.75, 3.05) is 19.6 Å². The Morgan fingerprint density at radius 3 is 2.65 bits per heavy atom. The highest BCUT2D eigenvalue weighted by molar-refractivity contribution is 8.18. The molecule has 9 nitrogen and oxygen atoms in total. The first-order valence-electron chi connectivity index (χ1n) is 7.87. The number of benzene rings is 1. The van der Waals surface area contributed by atoms with Gasteiger partial charge in [0.2, 0.25) is 5.91 Å². The van der Waals surface area contributed by atoms with E-state index in [1.807, 2.05) is 0 Å². The van der Waals surface area contributed by atoms with Crippen molar-refractivity contribution in [2.45, 2.75) is 12.8 Å². The van der Waals surface area contributed by atoms with Crippen LogP contribution in [0.1, 0.15) is 18.4 Å². The van der Waals surface area contributed by atoms with E-state index in [1.54, 1.807) is 4.90 Å². The predicted octanol–water partition coefficient (Wildman–Crippen LogP) is 1.96. The van der Waals surface area contributed by atoms with Crippen LogP contribution in [0.2, 0.25) is 0 Å². The Kier molecular flexibility index (Phi) is 4.94. The van der Waals surface area contributed by atoms with E-state index in [2.05, 4.69) is 0 Å². The molecule has 1 aromatic rings. The summed E-state index contributed by atoms with van der Waals surface area (Å²) in [7, 11) is 0. The fourth-order valence-electron chi connectivity index (χ4n) is 2.75. The molecule has 3 rings (SSSR count). The van der Waals surface area contributed by atoms with Crippen LogP contribution in [0, 0.1) is 10.1 Å². The van der Waals surface area contributed by atoms with Crippen LogP contribution >= 0.6 is 11.8 Å². The highest BCUT2D eigenvalue weighted by Gasteiger charge is 2.37. The van der Waals surface area contributed by atoms with E-state index in [4.69, 9.17) is 0 Å². The van der Waals surface area contributed by atoms with Gasteiger partial charge in [0.25, 0.3) is 16.8 Å². The topological polar surface area (TPSA) is 121 Å². The number of hydrogen-bond donors (Lipinski definition) is 1. The van der Waals surface area contributed by atoms with Crippen LogP contribution in [0.15, 0.2) is 23.1 Å². The number of phenols is 1. The number of carbonyl (C=O) groups excluding carboxylic acids is 3. The number of nitro groups is 1. The van der Waals surface area contributed by atoms with E-state index < -0.39 is 16.1 Å². The standard InChI is InChI=1S/C16H15N3O6S/c20-12-4-3-11(19(24)25)7-10(12)8-13-15(22)18(16(23)26-13)9-14(21)17-5-1-2-6-17/h3-4,7-8,20H,1-2,5-6,9H2/b13-8-. The monoisotopic (exact) mass is 377 g/mol. The van der Waals surface area contributed by atoms with Crippen molar-refractivity contribution in [1.29, 1.82) is 0 Å². The van der Waals surface area contributed by atoms with E-state index >= 15 is 0 Å². The molecule has 0 atom stereocenters. The molecule has 0 radical (unpaired) electrons. The summed E-state index contributed by atoms with van der Waals surface area (Å²) in [6.45, 7) is 0.905. The first-order valence-corrected chi connectivity index (χ1v) is 8.69. The Labute approximate surface area is 152 Å². The average molecular weight is 377 g/mol. The minimum atomic E-state index is -0.654. The molecular weight excluding hydrogens is 362 g/mol. The van der Waals surface area contributed by atoms with Crippen LogP contribution < -0.4 is 0 Å². The Morgan fingerprint density at radius 1 is 1.31 bits per heavy atom. The maximum atomic E-state index is 12.4. The lowest BCUT2D eigenvalue weighted by Gasteiger charge is -2.18. The van der Waals surface area contributed by atoms with Gasteiger partial charge in [-0.2, -0.15) is 0 Å². The summed E-state index contributed by atoms with van der Waals surface area (Å²) in [5, 5.41) is 20.1. The molecule has 0 saturated carbocycles. The summed E-state index contributed by atoms with van der Waals surface area (Å²) in [6.07, 6.45) is 3.02. The van der Waals surface area contributed by atoms with Crippen molar-refractivity contribution in [3.8, 4) is 5.75 Å². The molecule has 0 spiro atoms. The van der Waals surface area contributed by atoms with Gasteiger partial charge in [-0.25, -0.2) is 0 Å². The molecule has 3 amide bonds. The number of likely N-dealkylation sites (tertiary alicyclic amines) is 1. The van der Waals surface area contributed by atoms with E-state index in [1.165, 1.54) is 6.08 Å². The fourth-order valence-corrected chi connectivity index (χ4v) is 3.58. The van der Waals surface area contributed by atoms with E-state index in [0.29, 0.717) is 24.9 Å². The number of thioether (sulfide) groups is 1. The number of imide groups is 1. The van der Waals surface area contributed by atoms with Crippen LogP contribution in [-0.4, -0.2) is 56.5 Å². The zero-order chi connectivity index (χ0) is 18.8. The summed E-state index contributed by atoms with van der Waals surface area (Å²) in [5.74, 6) is -1.20. The largest absolute Gasteiger partial charge is 0.507 e. The Bertz CT molecular complexity index is 831. The van der Waals surface area contributed by atoms with Gasteiger partial charge in [-0.15, -0.1) is 0 Å². The summed E-state index contributed by atoms with van der Waals surface area (Å²) < 4.78 is 0. The third-order valence-corrected chi connectivity index (χ3v) is 5.04. The number of amides is 3. The quantitative estimate of drug-likeness (QED) is 0.483. The normalized spacial score (nSPS) is 18.8. The molecule has 0 aromatic heterocycles. The first-order chi connectivity index (χ1) is 12.4. The number of carbonyl (C=O) groups is 3. The van der Waals surface area contributed by atoms with Gasteiger partial charge in [-0.05, 0) is 36.7 Å². The maximum Gasteiger partial charge on any atom is 0.294 e. The molecule has 10 heteroatoms. The molecule has 0 unspecified atom stereocenters. The Hall–Kier alpha value is -2.88. The Morgan fingerprint density at radius 2 is 2.00 bits per heavy atom. The van der Waals surface area contributed by atoms with Gasteiger partial charge in [0.15, 0.2) is 0 Å². The Balaban J connectivity index is 1.80. The number of non-ortho nitro benzene ring substituents is 1. The van der Waals surface area contributed by atoms with Crippen LogP contribution in [0.5, 0.6) is 5.75 Å². The lowest BCUT2D eigenvalue weighted by molar-refractivity contribution is -0.384. The minimum absolute atomic E-state index is 0.0000184. The maximum absolute atomic E-state index is 12.4. The zero-order valence-corrected chi connectivity index (χ0v) is 14.4. The van der Waals surface area contributed by atoms with Crippen molar-refractivity contribution in [3.63, 3.8) is 0 Å². The molecule has 2 heterocycles. The van der Waals surface area contributed by atoms with Crippen LogP contribution in [0.25, 0.3) is 6.08 Å². The highest BCUT2D eigenvalue weighted by atomic mass is 32.2. The van der Waals surface area contributed by atoms with Gasteiger partial charge in [0.1, 0.15) is 12.3 Å².